The van der Waals surface area contributed by atoms with Gasteiger partial charge in [0.15, 0.2) is 0 Å². The van der Waals surface area contributed by atoms with Crippen LogP contribution in [0.3, 0.4) is 0 Å². The molecule has 32 heavy (non-hydrogen) atoms. The number of halogens is 1. The van der Waals surface area contributed by atoms with Gasteiger partial charge in [-0.05, 0) is 56.5 Å². The molecule has 1 amide bonds. The van der Waals surface area contributed by atoms with E-state index in [0.717, 1.165) is 80.3 Å². The summed E-state index contributed by atoms with van der Waals surface area (Å²) in [5.74, 6) is 1.13. The fourth-order valence-corrected chi connectivity index (χ4v) is 4.97. The minimum atomic E-state index is 0.126. The standard InChI is InChI=1S/C24H31ClN6O/c1-27-22(18-2-4-21(25)5-3-18)19-8-12-31(13-9-19)23(32)20-6-10-30(11-7-20)16-17-14-28-24(26)29-15-17/h2-5,14-15,19-20H,6-13,16H2,1H3,(H2,26,28,29). The molecule has 0 spiro atoms. The summed E-state index contributed by atoms with van der Waals surface area (Å²) < 4.78 is 0. The zero-order chi connectivity index (χ0) is 22.5. The van der Waals surface area contributed by atoms with Crippen molar-refractivity contribution >= 4 is 29.2 Å². The number of hydrogen-bond acceptors (Lipinski definition) is 6. The summed E-state index contributed by atoms with van der Waals surface area (Å²) in [6, 6.07) is 7.89. The van der Waals surface area contributed by atoms with Gasteiger partial charge in [0.2, 0.25) is 11.9 Å². The van der Waals surface area contributed by atoms with E-state index < -0.39 is 0 Å². The van der Waals surface area contributed by atoms with E-state index in [9.17, 15) is 4.79 Å². The predicted octanol–water partition coefficient (Wildman–Crippen LogP) is 3.28. The molecule has 4 rings (SSSR count). The average molecular weight is 455 g/mol. The van der Waals surface area contributed by atoms with Gasteiger partial charge in [-0.2, -0.15) is 0 Å². The molecule has 2 aliphatic heterocycles. The minimum Gasteiger partial charge on any atom is -0.368 e. The Morgan fingerprint density at radius 2 is 1.62 bits per heavy atom. The lowest BCUT2D eigenvalue weighted by Crippen LogP contribution is -2.46. The van der Waals surface area contributed by atoms with Crippen molar-refractivity contribution in [3.8, 4) is 0 Å². The van der Waals surface area contributed by atoms with E-state index in [1.54, 1.807) is 12.4 Å². The molecule has 0 bridgehead atoms. The van der Waals surface area contributed by atoms with Crippen LogP contribution in [0, 0.1) is 11.8 Å². The Balaban J connectivity index is 1.25. The average Bonchev–Trinajstić information content (AvgIpc) is 2.83. The number of amides is 1. The number of nitrogens with two attached hydrogens (primary N) is 1. The largest absolute Gasteiger partial charge is 0.368 e. The topological polar surface area (TPSA) is 87.7 Å². The van der Waals surface area contributed by atoms with E-state index >= 15 is 0 Å². The van der Waals surface area contributed by atoms with E-state index in [1.165, 1.54) is 0 Å². The Morgan fingerprint density at radius 1 is 1.03 bits per heavy atom. The number of rotatable bonds is 5. The summed E-state index contributed by atoms with van der Waals surface area (Å²) in [4.78, 5) is 30.3. The molecule has 2 saturated heterocycles. The summed E-state index contributed by atoms with van der Waals surface area (Å²) in [6.45, 7) is 4.25. The van der Waals surface area contributed by atoms with Crippen molar-refractivity contribution in [2.24, 2.45) is 16.8 Å². The third kappa shape index (κ3) is 5.45. The number of benzene rings is 1. The molecule has 0 radical (unpaired) electrons. The number of hydrogen-bond donors (Lipinski definition) is 1. The summed E-state index contributed by atoms with van der Waals surface area (Å²) in [5, 5.41) is 0.734. The molecular formula is C24H31ClN6O. The lowest BCUT2D eigenvalue weighted by Gasteiger charge is -2.37. The monoisotopic (exact) mass is 454 g/mol. The Bertz CT molecular complexity index is 930. The molecule has 0 unspecified atom stereocenters. The number of anilines is 1. The predicted molar refractivity (Wildman–Crippen MR) is 128 cm³/mol. The van der Waals surface area contributed by atoms with Gasteiger partial charge in [0.1, 0.15) is 0 Å². The Kier molecular flexibility index (Phi) is 7.37. The maximum atomic E-state index is 13.1. The molecule has 1 aromatic heterocycles. The van der Waals surface area contributed by atoms with E-state index in [1.807, 2.05) is 31.3 Å². The normalized spacial score (nSPS) is 19.3. The lowest BCUT2D eigenvalue weighted by molar-refractivity contribution is -0.138. The van der Waals surface area contributed by atoms with Crippen LogP contribution in [0.4, 0.5) is 5.95 Å². The molecule has 0 aliphatic carbocycles. The number of aliphatic imine (C=N–C) groups is 1. The highest BCUT2D eigenvalue weighted by atomic mass is 35.5. The molecule has 0 saturated carbocycles. The third-order valence-corrected chi connectivity index (χ3v) is 6.89. The Morgan fingerprint density at radius 3 is 2.22 bits per heavy atom. The summed E-state index contributed by atoms with van der Waals surface area (Å²) in [6.07, 6.45) is 7.28. The first-order chi connectivity index (χ1) is 15.5. The van der Waals surface area contributed by atoms with Gasteiger partial charge in [0, 0.05) is 67.2 Å². The van der Waals surface area contributed by atoms with Crippen LogP contribution in [0.5, 0.6) is 0 Å². The number of carbonyl (C=O) groups is 1. The number of nitrogens with zero attached hydrogens (tertiary/aromatic N) is 5. The molecule has 7 nitrogen and oxygen atoms in total. The van der Waals surface area contributed by atoms with E-state index in [0.29, 0.717) is 17.8 Å². The van der Waals surface area contributed by atoms with Crippen LogP contribution < -0.4 is 5.73 Å². The van der Waals surface area contributed by atoms with Crippen molar-refractivity contribution in [2.45, 2.75) is 32.2 Å². The quantitative estimate of drug-likeness (QED) is 0.700. The third-order valence-electron chi connectivity index (χ3n) is 6.64. The number of aromatic nitrogens is 2. The van der Waals surface area contributed by atoms with Gasteiger partial charge in [-0.1, -0.05) is 23.7 Å². The fraction of sp³-hybridized carbons (Fsp3) is 0.500. The summed E-state index contributed by atoms with van der Waals surface area (Å²) in [5.41, 5.74) is 8.86. The number of likely N-dealkylation sites (tertiary alicyclic amines) is 2. The first kappa shape index (κ1) is 22.7. The zero-order valence-electron chi connectivity index (χ0n) is 18.6. The Labute approximate surface area is 194 Å². The smallest absolute Gasteiger partial charge is 0.225 e. The fourth-order valence-electron chi connectivity index (χ4n) is 4.84. The van der Waals surface area contributed by atoms with Crippen molar-refractivity contribution < 1.29 is 4.79 Å². The van der Waals surface area contributed by atoms with Crippen LogP contribution in [0.2, 0.25) is 5.02 Å². The molecule has 2 aromatic rings. The lowest BCUT2D eigenvalue weighted by atomic mass is 9.87. The number of carbonyl (C=O) groups excluding carboxylic acids is 1. The molecule has 170 valence electrons. The first-order valence-corrected chi connectivity index (χ1v) is 11.7. The van der Waals surface area contributed by atoms with Crippen LogP contribution in [0.15, 0.2) is 41.7 Å². The molecule has 2 N–H and O–H groups in total. The zero-order valence-corrected chi connectivity index (χ0v) is 19.3. The van der Waals surface area contributed by atoms with Crippen molar-refractivity contribution in [3.63, 3.8) is 0 Å². The van der Waals surface area contributed by atoms with E-state index in [2.05, 4.69) is 24.8 Å². The van der Waals surface area contributed by atoms with Crippen molar-refractivity contribution in [3.05, 3.63) is 52.8 Å². The molecular weight excluding hydrogens is 424 g/mol. The van der Waals surface area contributed by atoms with Gasteiger partial charge >= 0.3 is 0 Å². The maximum Gasteiger partial charge on any atom is 0.225 e. The van der Waals surface area contributed by atoms with Gasteiger partial charge < -0.3 is 10.6 Å². The first-order valence-electron chi connectivity index (χ1n) is 11.3. The van der Waals surface area contributed by atoms with Crippen molar-refractivity contribution in [1.29, 1.82) is 0 Å². The molecule has 8 heteroatoms. The highest BCUT2D eigenvalue weighted by Gasteiger charge is 2.32. The Hall–Kier alpha value is -2.51. The van der Waals surface area contributed by atoms with Gasteiger partial charge in [-0.25, -0.2) is 9.97 Å². The van der Waals surface area contributed by atoms with Gasteiger partial charge in [-0.15, -0.1) is 0 Å². The van der Waals surface area contributed by atoms with Crippen LogP contribution >= 0.6 is 11.6 Å². The summed E-state index contributed by atoms with van der Waals surface area (Å²) in [7, 11) is 1.85. The molecule has 1 aromatic carbocycles. The van der Waals surface area contributed by atoms with Gasteiger partial charge in [0.25, 0.3) is 0 Å². The van der Waals surface area contributed by atoms with Crippen LogP contribution in [-0.2, 0) is 11.3 Å². The summed E-state index contributed by atoms with van der Waals surface area (Å²) >= 11 is 6.03. The second kappa shape index (κ2) is 10.4. The highest BCUT2D eigenvalue weighted by molar-refractivity contribution is 6.30. The SMILES string of the molecule is CN=C(c1ccc(Cl)cc1)C1CCN(C(=O)C2CCN(Cc3cnc(N)nc3)CC2)CC1. The van der Waals surface area contributed by atoms with E-state index in [4.69, 9.17) is 17.3 Å². The maximum absolute atomic E-state index is 13.1. The number of nitrogen functional groups attached to an aromatic ring is 1. The molecule has 0 atom stereocenters. The molecule has 3 heterocycles. The van der Waals surface area contributed by atoms with Gasteiger partial charge in [-0.3, -0.25) is 14.7 Å². The molecule has 2 fully saturated rings. The van der Waals surface area contributed by atoms with Crippen LogP contribution in [0.1, 0.15) is 36.8 Å². The second-order valence-corrected chi connectivity index (χ2v) is 9.15. The van der Waals surface area contributed by atoms with Crippen LogP contribution in [0.25, 0.3) is 0 Å². The highest BCUT2D eigenvalue weighted by Crippen LogP contribution is 2.27. The molecule has 2 aliphatic rings. The van der Waals surface area contributed by atoms with Crippen molar-refractivity contribution in [1.82, 2.24) is 19.8 Å². The van der Waals surface area contributed by atoms with Gasteiger partial charge in [0.05, 0.1) is 0 Å². The number of piperidine rings is 2. The second-order valence-electron chi connectivity index (χ2n) is 8.72. The van der Waals surface area contributed by atoms with Crippen LogP contribution in [-0.4, -0.2) is 64.6 Å². The van der Waals surface area contributed by atoms with Crippen molar-refractivity contribution in [2.75, 3.05) is 39.0 Å². The minimum absolute atomic E-state index is 0.126. The van der Waals surface area contributed by atoms with E-state index in [-0.39, 0.29) is 5.92 Å².